The Balaban J connectivity index is 0.000000531. The highest BCUT2D eigenvalue weighted by atomic mass is 16.4. The molecule has 0 spiro atoms. The Morgan fingerprint density at radius 2 is 1.54 bits per heavy atom. The molecule has 0 radical (unpaired) electrons. The van der Waals surface area contributed by atoms with E-state index in [0.717, 1.165) is 18.4 Å². The molecule has 26 heavy (non-hydrogen) atoms. The fourth-order valence-corrected chi connectivity index (χ4v) is 2.60. The van der Waals surface area contributed by atoms with Gasteiger partial charge in [-0.15, -0.1) is 0 Å². The van der Waals surface area contributed by atoms with E-state index in [2.05, 4.69) is 32.9 Å². The first-order valence-corrected chi connectivity index (χ1v) is 10.1. The molecule has 1 rings (SSSR count). The summed E-state index contributed by atoms with van der Waals surface area (Å²) in [6, 6.07) is 7.44. The summed E-state index contributed by atoms with van der Waals surface area (Å²) in [5.74, 6) is 0.137. The van der Waals surface area contributed by atoms with E-state index in [1.807, 2.05) is 18.2 Å². The molecule has 0 unspecified atom stereocenters. The van der Waals surface area contributed by atoms with Gasteiger partial charge in [0.25, 0.3) is 0 Å². The molecule has 0 aliphatic carbocycles. The molecule has 0 saturated carbocycles. The Hall–Kier alpha value is -1.77. The number of benzene rings is 1. The molecule has 0 aliphatic heterocycles. The van der Waals surface area contributed by atoms with E-state index in [0.29, 0.717) is 18.1 Å². The lowest BCUT2D eigenvalue weighted by atomic mass is 10.0. The summed E-state index contributed by atoms with van der Waals surface area (Å²) in [5, 5.41) is 17.7. The van der Waals surface area contributed by atoms with Gasteiger partial charge in [-0.1, -0.05) is 83.2 Å². The van der Waals surface area contributed by atoms with Crippen LogP contribution in [0.5, 0.6) is 5.75 Å². The number of hydrogen-bond acceptors (Lipinski definition) is 2. The van der Waals surface area contributed by atoms with Crippen LogP contribution < -0.4 is 0 Å². The topological polar surface area (TPSA) is 57.5 Å². The van der Waals surface area contributed by atoms with E-state index in [-0.39, 0.29) is 0 Å². The van der Waals surface area contributed by atoms with Crippen LogP contribution in [0, 0.1) is 0 Å². The average molecular weight is 363 g/mol. The maximum atomic E-state index is 10.3. The summed E-state index contributed by atoms with van der Waals surface area (Å²) in [6.07, 6.45) is 15.4. The SMILES string of the molecule is CC(C)c1ccccc1O.CCCC/C=C\CCCCCCCC(=O)O. The lowest BCUT2D eigenvalue weighted by Gasteiger charge is -2.05. The number of unbranched alkanes of at least 4 members (excludes halogenated alkanes) is 7. The zero-order valence-corrected chi connectivity index (χ0v) is 16.9. The average Bonchev–Trinajstić information content (AvgIpc) is 2.60. The van der Waals surface area contributed by atoms with Gasteiger partial charge in [-0.05, 0) is 43.2 Å². The molecule has 148 valence electrons. The van der Waals surface area contributed by atoms with Crippen LogP contribution in [-0.4, -0.2) is 16.2 Å². The van der Waals surface area contributed by atoms with E-state index >= 15 is 0 Å². The van der Waals surface area contributed by atoms with Crippen LogP contribution in [-0.2, 0) is 4.79 Å². The number of para-hydroxylation sites is 1. The van der Waals surface area contributed by atoms with Gasteiger partial charge < -0.3 is 10.2 Å². The minimum Gasteiger partial charge on any atom is -0.508 e. The number of allylic oxidation sites excluding steroid dienone is 2. The second-order valence-corrected chi connectivity index (χ2v) is 7.03. The van der Waals surface area contributed by atoms with Gasteiger partial charge in [0, 0.05) is 6.42 Å². The molecule has 0 atom stereocenters. The number of hydrogen-bond donors (Lipinski definition) is 2. The Morgan fingerprint density at radius 1 is 0.962 bits per heavy atom. The Morgan fingerprint density at radius 3 is 2.08 bits per heavy atom. The van der Waals surface area contributed by atoms with Crippen molar-refractivity contribution in [3.05, 3.63) is 42.0 Å². The van der Waals surface area contributed by atoms with E-state index in [9.17, 15) is 9.90 Å². The minimum absolute atomic E-state index is 0.330. The molecule has 1 aromatic rings. The van der Waals surface area contributed by atoms with Gasteiger partial charge in [0.2, 0.25) is 0 Å². The molecule has 0 aliphatic rings. The van der Waals surface area contributed by atoms with E-state index in [1.54, 1.807) is 6.07 Å². The van der Waals surface area contributed by atoms with Crippen molar-refractivity contribution < 1.29 is 15.0 Å². The van der Waals surface area contributed by atoms with Crippen molar-refractivity contribution in [2.75, 3.05) is 0 Å². The van der Waals surface area contributed by atoms with Gasteiger partial charge in [0.15, 0.2) is 0 Å². The smallest absolute Gasteiger partial charge is 0.303 e. The third kappa shape index (κ3) is 14.6. The molecule has 1 aromatic carbocycles. The normalized spacial score (nSPS) is 10.8. The van der Waals surface area contributed by atoms with Gasteiger partial charge >= 0.3 is 5.97 Å². The van der Waals surface area contributed by atoms with Crippen molar-refractivity contribution in [3.63, 3.8) is 0 Å². The second kappa shape index (κ2) is 16.7. The predicted octanol–water partition coefficient (Wildman–Crippen LogP) is 7.06. The fraction of sp³-hybridized carbons (Fsp3) is 0.609. The van der Waals surface area contributed by atoms with E-state index < -0.39 is 5.97 Å². The Kier molecular flexibility index (Phi) is 15.5. The number of aromatic hydroxyl groups is 1. The maximum absolute atomic E-state index is 10.3. The quantitative estimate of drug-likeness (QED) is 0.309. The minimum atomic E-state index is -0.668. The highest BCUT2D eigenvalue weighted by Gasteiger charge is 2.02. The lowest BCUT2D eigenvalue weighted by Crippen LogP contribution is -1.93. The standard InChI is InChI=1S/C14H26O2.C9H12O/c1-2-3-4-5-6-7-8-9-10-11-12-13-14(15)16;1-7(2)8-5-3-4-6-9(8)10/h5-6H,2-4,7-13H2,1H3,(H,15,16);3-7,10H,1-2H3/b6-5-;. The summed E-state index contributed by atoms with van der Waals surface area (Å²) in [4.78, 5) is 10.3. The molecule has 3 heteroatoms. The molecule has 0 aromatic heterocycles. The highest BCUT2D eigenvalue weighted by molar-refractivity contribution is 5.66. The summed E-state index contributed by atoms with van der Waals surface area (Å²) >= 11 is 0. The Bertz CT molecular complexity index is 492. The van der Waals surface area contributed by atoms with Gasteiger partial charge in [0.05, 0.1) is 0 Å². The third-order valence-corrected chi connectivity index (χ3v) is 4.21. The molecular formula is C23H38O3. The largest absolute Gasteiger partial charge is 0.508 e. The molecular weight excluding hydrogens is 324 g/mol. The van der Waals surface area contributed by atoms with Crippen molar-refractivity contribution >= 4 is 5.97 Å². The van der Waals surface area contributed by atoms with Gasteiger partial charge in [-0.2, -0.15) is 0 Å². The van der Waals surface area contributed by atoms with E-state index in [1.165, 1.54) is 44.9 Å². The number of phenolic OH excluding ortho intramolecular Hbond substituents is 1. The Labute approximate surface area is 160 Å². The molecule has 0 heterocycles. The summed E-state index contributed by atoms with van der Waals surface area (Å²) in [6.45, 7) is 6.34. The summed E-state index contributed by atoms with van der Waals surface area (Å²) < 4.78 is 0. The van der Waals surface area contributed by atoms with Crippen LogP contribution in [0.2, 0.25) is 0 Å². The van der Waals surface area contributed by atoms with Gasteiger partial charge in [-0.25, -0.2) is 0 Å². The zero-order chi connectivity index (χ0) is 19.6. The number of phenols is 1. The molecule has 0 amide bonds. The van der Waals surface area contributed by atoms with Crippen LogP contribution in [0.3, 0.4) is 0 Å². The van der Waals surface area contributed by atoms with Gasteiger partial charge in [-0.3, -0.25) is 4.79 Å². The number of carbonyl (C=O) groups is 1. The second-order valence-electron chi connectivity index (χ2n) is 7.03. The summed E-state index contributed by atoms with van der Waals surface area (Å²) in [5.41, 5.74) is 1.02. The van der Waals surface area contributed by atoms with Crippen molar-refractivity contribution in [1.82, 2.24) is 0 Å². The number of carboxylic acids is 1. The number of rotatable bonds is 12. The van der Waals surface area contributed by atoms with E-state index in [4.69, 9.17) is 5.11 Å². The molecule has 0 bridgehead atoms. The lowest BCUT2D eigenvalue weighted by molar-refractivity contribution is -0.137. The van der Waals surface area contributed by atoms with Crippen molar-refractivity contribution in [1.29, 1.82) is 0 Å². The van der Waals surface area contributed by atoms with Gasteiger partial charge in [0.1, 0.15) is 5.75 Å². The molecule has 0 fully saturated rings. The third-order valence-electron chi connectivity index (χ3n) is 4.21. The zero-order valence-electron chi connectivity index (χ0n) is 16.9. The van der Waals surface area contributed by atoms with Crippen LogP contribution in [0.15, 0.2) is 36.4 Å². The van der Waals surface area contributed by atoms with Crippen LogP contribution in [0.1, 0.15) is 96.5 Å². The molecule has 2 N–H and O–H groups in total. The first-order valence-electron chi connectivity index (χ1n) is 10.1. The molecule has 3 nitrogen and oxygen atoms in total. The molecule has 0 saturated heterocycles. The highest BCUT2D eigenvalue weighted by Crippen LogP contribution is 2.23. The van der Waals surface area contributed by atoms with Crippen LogP contribution >= 0.6 is 0 Å². The first kappa shape index (κ1) is 24.2. The van der Waals surface area contributed by atoms with Crippen molar-refractivity contribution in [2.24, 2.45) is 0 Å². The van der Waals surface area contributed by atoms with Crippen LogP contribution in [0.4, 0.5) is 0 Å². The number of carboxylic acid groups (broad SMARTS) is 1. The van der Waals surface area contributed by atoms with Crippen molar-refractivity contribution in [2.45, 2.75) is 90.9 Å². The summed E-state index contributed by atoms with van der Waals surface area (Å²) in [7, 11) is 0. The predicted molar refractivity (Wildman–Crippen MR) is 111 cm³/mol. The fourth-order valence-electron chi connectivity index (χ4n) is 2.60. The van der Waals surface area contributed by atoms with Crippen LogP contribution in [0.25, 0.3) is 0 Å². The monoisotopic (exact) mass is 362 g/mol. The number of aliphatic carboxylic acids is 1. The van der Waals surface area contributed by atoms with Crippen molar-refractivity contribution in [3.8, 4) is 5.75 Å². The first-order chi connectivity index (χ1) is 12.5. The maximum Gasteiger partial charge on any atom is 0.303 e.